The summed E-state index contributed by atoms with van der Waals surface area (Å²) in [4.78, 5) is 52.5. The maximum Gasteiger partial charge on any atom is 0.327 e. The Bertz CT molecular complexity index is 878. The van der Waals surface area contributed by atoms with E-state index in [2.05, 4.69) is 0 Å². The molecule has 0 aromatic heterocycles. The number of carboxylic acid groups (broad SMARTS) is 1. The van der Waals surface area contributed by atoms with Crippen LogP contribution in [0.1, 0.15) is 31.1 Å². The Hall–Kier alpha value is -2.75. The number of benzene rings is 1. The van der Waals surface area contributed by atoms with E-state index in [1.54, 1.807) is 32.0 Å². The van der Waals surface area contributed by atoms with Gasteiger partial charge in [-0.3, -0.25) is 19.3 Å². The number of rotatable bonds is 5. The van der Waals surface area contributed by atoms with E-state index in [1.807, 2.05) is 0 Å². The largest absolute Gasteiger partial charge is 0.496 e. The molecule has 2 aliphatic rings. The number of methoxy groups -OCH3 is 2. The molecule has 3 amide bonds. The summed E-state index contributed by atoms with van der Waals surface area (Å²) in [7, 11) is 2.76. The van der Waals surface area contributed by atoms with E-state index in [9.17, 15) is 24.3 Å². The van der Waals surface area contributed by atoms with Gasteiger partial charge in [-0.05, 0) is 26.0 Å². The average Bonchev–Trinajstić information content (AvgIpc) is 2.92. The highest BCUT2D eigenvalue weighted by Gasteiger charge is 2.66. The van der Waals surface area contributed by atoms with Gasteiger partial charge in [0, 0.05) is 11.7 Å². The van der Waals surface area contributed by atoms with Gasteiger partial charge in [-0.15, -0.1) is 11.8 Å². The third-order valence-electron chi connectivity index (χ3n) is 5.12. The maximum atomic E-state index is 13.3. The molecular formula is C19H22N2O7S. The monoisotopic (exact) mass is 422 g/mol. The molecule has 9 nitrogen and oxygen atoms in total. The minimum absolute atomic E-state index is 0.0241. The molecule has 2 heterocycles. The van der Waals surface area contributed by atoms with E-state index in [-0.39, 0.29) is 17.1 Å². The Kier molecular flexibility index (Phi) is 5.24. The maximum absolute atomic E-state index is 13.3. The molecule has 29 heavy (non-hydrogen) atoms. The summed E-state index contributed by atoms with van der Waals surface area (Å²) < 4.78 is 9.73. The summed E-state index contributed by atoms with van der Waals surface area (Å²) in [6.45, 7) is 4.64. The Balaban J connectivity index is 2.02. The van der Waals surface area contributed by atoms with Crippen LogP contribution in [0.4, 0.5) is 0 Å². The molecule has 1 N–H and O–H groups in total. The number of carbonyl (C=O) groups is 4. The fraction of sp³-hybridized carbons (Fsp3) is 0.474. The van der Waals surface area contributed by atoms with Crippen LogP contribution in [0.15, 0.2) is 18.2 Å². The quantitative estimate of drug-likeness (QED) is 0.705. The number of aliphatic carboxylic acids is 1. The fourth-order valence-corrected chi connectivity index (χ4v) is 5.55. The van der Waals surface area contributed by atoms with Gasteiger partial charge in [0.2, 0.25) is 5.91 Å². The fourth-order valence-electron chi connectivity index (χ4n) is 3.88. The number of nitrogens with zero attached hydrogens (tertiary/aromatic N) is 2. The van der Waals surface area contributed by atoms with Crippen molar-refractivity contribution in [2.75, 3.05) is 14.2 Å². The number of imide groups is 1. The Labute approximate surface area is 171 Å². The van der Waals surface area contributed by atoms with Crippen LogP contribution in [0.5, 0.6) is 11.5 Å². The van der Waals surface area contributed by atoms with Crippen LogP contribution in [-0.4, -0.2) is 75.0 Å². The van der Waals surface area contributed by atoms with E-state index >= 15 is 0 Å². The van der Waals surface area contributed by atoms with Crippen molar-refractivity contribution in [1.82, 2.24) is 9.80 Å². The normalized spacial score (nSPS) is 24.4. The van der Waals surface area contributed by atoms with E-state index in [0.29, 0.717) is 0 Å². The molecule has 1 aromatic carbocycles. The molecule has 3 rings (SSSR count). The van der Waals surface area contributed by atoms with Crippen LogP contribution in [0.3, 0.4) is 0 Å². The van der Waals surface area contributed by atoms with Crippen LogP contribution in [-0.2, 0) is 14.4 Å². The molecule has 0 aliphatic carbocycles. The molecule has 0 radical (unpaired) electrons. The minimum atomic E-state index is -1.12. The zero-order valence-electron chi connectivity index (χ0n) is 16.7. The highest BCUT2D eigenvalue weighted by Crippen LogP contribution is 2.52. The Morgan fingerprint density at radius 3 is 2.17 bits per heavy atom. The lowest BCUT2D eigenvalue weighted by Gasteiger charge is -2.47. The van der Waals surface area contributed by atoms with Crippen LogP contribution in [0.25, 0.3) is 0 Å². The molecule has 0 bridgehead atoms. The van der Waals surface area contributed by atoms with Gasteiger partial charge in [-0.25, -0.2) is 4.79 Å². The predicted molar refractivity (Wildman–Crippen MR) is 104 cm³/mol. The van der Waals surface area contributed by atoms with Gasteiger partial charge in [-0.1, -0.05) is 6.07 Å². The molecule has 10 heteroatoms. The summed E-state index contributed by atoms with van der Waals surface area (Å²) >= 11 is 1.26. The SMILES string of the molecule is COc1cccc(OC)c1C(=O)N(C(C)=O)[C@@H]1C(=O)N2[C@@H]1SC(C)(C)[C@@H]2C(=O)O. The molecule has 2 fully saturated rings. The molecule has 156 valence electrons. The summed E-state index contributed by atoms with van der Waals surface area (Å²) in [5.41, 5.74) is 0.0241. The van der Waals surface area contributed by atoms with Crippen LogP contribution in [0, 0.1) is 0 Å². The van der Waals surface area contributed by atoms with Gasteiger partial charge in [0.1, 0.15) is 34.5 Å². The second-order valence-electron chi connectivity index (χ2n) is 7.27. The lowest BCUT2D eigenvalue weighted by Crippen LogP contribution is -2.72. The molecule has 2 saturated heterocycles. The molecular weight excluding hydrogens is 400 g/mol. The molecule has 0 saturated carbocycles. The first-order chi connectivity index (χ1) is 13.6. The van der Waals surface area contributed by atoms with Crippen molar-refractivity contribution in [2.24, 2.45) is 0 Å². The zero-order chi connectivity index (χ0) is 21.7. The summed E-state index contributed by atoms with van der Waals surface area (Å²) in [6.07, 6.45) is 0. The Morgan fingerprint density at radius 2 is 1.72 bits per heavy atom. The summed E-state index contributed by atoms with van der Waals surface area (Å²) in [5, 5.41) is 8.93. The first-order valence-electron chi connectivity index (χ1n) is 8.84. The molecule has 0 unspecified atom stereocenters. The van der Waals surface area contributed by atoms with Gasteiger partial charge < -0.3 is 19.5 Å². The number of ether oxygens (including phenoxy) is 2. The zero-order valence-corrected chi connectivity index (χ0v) is 17.5. The van der Waals surface area contributed by atoms with E-state index in [4.69, 9.17) is 9.47 Å². The van der Waals surface area contributed by atoms with Gasteiger partial charge >= 0.3 is 5.97 Å². The number of β-lactam (4-membered cyclic amide) rings is 1. The standard InChI is InChI=1S/C19H22N2O7S/c1-9(22)20(15(23)12-10(27-4)7-6-8-11(12)28-5)13-16(24)21-14(18(25)26)19(2,3)29-17(13)21/h6-8,13-14,17H,1-5H3,(H,25,26)/t13-,14+,17-/m1/s1. The topological polar surface area (TPSA) is 113 Å². The molecule has 0 spiro atoms. The van der Waals surface area contributed by atoms with Gasteiger partial charge in [-0.2, -0.15) is 0 Å². The van der Waals surface area contributed by atoms with Gasteiger partial charge in [0.05, 0.1) is 14.2 Å². The van der Waals surface area contributed by atoms with E-state index < -0.39 is 45.9 Å². The highest BCUT2D eigenvalue weighted by molar-refractivity contribution is 8.01. The van der Waals surface area contributed by atoms with E-state index in [1.165, 1.54) is 37.8 Å². The highest BCUT2D eigenvalue weighted by atomic mass is 32.2. The second kappa shape index (κ2) is 7.25. The van der Waals surface area contributed by atoms with Crippen molar-refractivity contribution in [3.8, 4) is 11.5 Å². The molecule has 3 atom stereocenters. The third-order valence-corrected chi connectivity index (χ3v) is 6.68. The van der Waals surface area contributed by atoms with Gasteiger partial charge in [0.25, 0.3) is 11.8 Å². The predicted octanol–water partition coefficient (Wildman–Crippen LogP) is 1.21. The van der Waals surface area contributed by atoms with Crippen molar-refractivity contribution in [3.63, 3.8) is 0 Å². The number of hydrogen-bond donors (Lipinski definition) is 1. The number of fused-ring (bicyclic) bond motifs is 1. The van der Waals surface area contributed by atoms with Crippen molar-refractivity contribution in [1.29, 1.82) is 0 Å². The van der Waals surface area contributed by atoms with Crippen molar-refractivity contribution >= 4 is 35.5 Å². The summed E-state index contributed by atoms with van der Waals surface area (Å²) in [6, 6.07) is 2.61. The molecule has 1 aromatic rings. The van der Waals surface area contributed by atoms with E-state index in [0.717, 1.165) is 4.90 Å². The third kappa shape index (κ3) is 3.11. The summed E-state index contributed by atoms with van der Waals surface area (Å²) in [5.74, 6) is -2.65. The number of thioether (sulfide) groups is 1. The smallest absolute Gasteiger partial charge is 0.327 e. The van der Waals surface area contributed by atoms with Crippen LogP contribution >= 0.6 is 11.8 Å². The Morgan fingerprint density at radius 1 is 1.17 bits per heavy atom. The first kappa shape index (κ1) is 21.0. The number of carboxylic acids is 1. The number of amides is 3. The lowest BCUT2D eigenvalue weighted by molar-refractivity contribution is -0.165. The van der Waals surface area contributed by atoms with Gasteiger partial charge in [0.15, 0.2) is 0 Å². The minimum Gasteiger partial charge on any atom is -0.496 e. The number of carbonyl (C=O) groups excluding carboxylic acids is 3. The molecule has 2 aliphatic heterocycles. The lowest BCUT2D eigenvalue weighted by atomic mass is 9.94. The van der Waals surface area contributed by atoms with Crippen LogP contribution < -0.4 is 9.47 Å². The second-order valence-corrected chi connectivity index (χ2v) is 9.05. The number of hydrogen-bond acceptors (Lipinski definition) is 7. The average molecular weight is 422 g/mol. The van der Waals surface area contributed by atoms with Crippen molar-refractivity contribution in [3.05, 3.63) is 23.8 Å². The van der Waals surface area contributed by atoms with Crippen molar-refractivity contribution in [2.45, 2.75) is 43.0 Å². The van der Waals surface area contributed by atoms with Crippen LogP contribution in [0.2, 0.25) is 0 Å². The van der Waals surface area contributed by atoms with Crippen molar-refractivity contribution < 1.29 is 33.8 Å². The first-order valence-corrected chi connectivity index (χ1v) is 9.72.